The number of rotatable bonds is 4. The minimum absolute atomic E-state index is 0.0978. The largest absolute Gasteiger partial charge is 0.350 e. The van der Waals surface area contributed by atoms with Crippen LogP contribution in [0.2, 0.25) is 5.02 Å². The SMILES string of the molecule is CC(C)(C)NC(=O)Cn1c(=O)n(Cc2ccc(Cl)cc2)c(=O)c2ccccc21. The molecule has 0 atom stereocenters. The number of amides is 1. The van der Waals surface area contributed by atoms with Gasteiger partial charge < -0.3 is 5.32 Å². The number of carbonyl (C=O) groups is 1. The monoisotopic (exact) mass is 399 g/mol. The van der Waals surface area contributed by atoms with Crippen LogP contribution in [0.25, 0.3) is 10.9 Å². The second-order valence-electron chi connectivity index (χ2n) is 7.70. The van der Waals surface area contributed by atoms with Crippen molar-refractivity contribution in [1.82, 2.24) is 14.5 Å². The smallest absolute Gasteiger partial charge is 0.332 e. The molecule has 146 valence electrons. The van der Waals surface area contributed by atoms with Crippen molar-refractivity contribution in [3.63, 3.8) is 0 Å². The number of hydrogen-bond donors (Lipinski definition) is 1. The average Bonchev–Trinajstić information content (AvgIpc) is 2.62. The molecule has 1 amide bonds. The Kier molecular flexibility index (Phi) is 5.42. The van der Waals surface area contributed by atoms with E-state index in [1.54, 1.807) is 48.5 Å². The molecule has 2 aromatic carbocycles. The number of nitrogens with zero attached hydrogens (tertiary/aromatic N) is 2. The van der Waals surface area contributed by atoms with E-state index in [0.717, 1.165) is 10.1 Å². The second-order valence-corrected chi connectivity index (χ2v) is 8.14. The molecule has 0 fully saturated rings. The van der Waals surface area contributed by atoms with Crippen molar-refractivity contribution >= 4 is 28.4 Å². The molecule has 0 saturated heterocycles. The lowest BCUT2D eigenvalue weighted by Crippen LogP contribution is -2.46. The molecule has 0 aliphatic rings. The maximum atomic E-state index is 13.1. The van der Waals surface area contributed by atoms with Gasteiger partial charge in [0.25, 0.3) is 5.56 Å². The van der Waals surface area contributed by atoms with Gasteiger partial charge in [0.05, 0.1) is 17.4 Å². The third-order valence-corrected chi connectivity index (χ3v) is 4.45. The van der Waals surface area contributed by atoms with E-state index < -0.39 is 11.2 Å². The number of nitrogens with one attached hydrogen (secondary N) is 1. The first-order valence-corrected chi connectivity index (χ1v) is 9.31. The zero-order valence-electron chi connectivity index (χ0n) is 16.0. The van der Waals surface area contributed by atoms with Crippen LogP contribution < -0.4 is 16.6 Å². The Hall–Kier alpha value is -2.86. The molecule has 3 rings (SSSR count). The third-order valence-electron chi connectivity index (χ3n) is 4.20. The van der Waals surface area contributed by atoms with E-state index in [9.17, 15) is 14.4 Å². The predicted octanol–water partition coefficient (Wildman–Crippen LogP) is 2.78. The van der Waals surface area contributed by atoms with E-state index in [-0.39, 0.29) is 24.6 Å². The summed E-state index contributed by atoms with van der Waals surface area (Å²) in [4.78, 5) is 38.4. The van der Waals surface area contributed by atoms with Crippen molar-refractivity contribution in [2.75, 3.05) is 0 Å². The Bertz CT molecular complexity index is 1140. The molecule has 1 N–H and O–H groups in total. The van der Waals surface area contributed by atoms with Crippen LogP contribution in [0.3, 0.4) is 0 Å². The molecule has 0 aliphatic heterocycles. The van der Waals surface area contributed by atoms with Crippen molar-refractivity contribution in [3.8, 4) is 0 Å². The molecule has 1 heterocycles. The van der Waals surface area contributed by atoms with Gasteiger partial charge in [-0.15, -0.1) is 0 Å². The number of fused-ring (bicyclic) bond motifs is 1. The molecule has 7 heteroatoms. The molecule has 0 unspecified atom stereocenters. The zero-order chi connectivity index (χ0) is 20.5. The Morgan fingerprint density at radius 2 is 1.64 bits per heavy atom. The summed E-state index contributed by atoms with van der Waals surface area (Å²) in [6.45, 7) is 5.53. The summed E-state index contributed by atoms with van der Waals surface area (Å²) in [5.74, 6) is -0.295. The lowest BCUT2D eigenvalue weighted by atomic mass is 10.1. The molecule has 0 aliphatic carbocycles. The molecule has 6 nitrogen and oxygen atoms in total. The van der Waals surface area contributed by atoms with Crippen molar-refractivity contribution in [3.05, 3.63) is 80.0 Å². The number of aromatic nitrogens is 2. The highest BCUT2D eigenvalue weighted by Gasteiger charge is 2.18. The quantitative estimate of drug-likeness (QED) is 0.733. The summed E-state index contributed by atoms with van der Waals surface area (Å²) in [6, 6.07) is 13.8. The van der Waals surface area contributed by atoms with E-state index >= 15 is 0 Å². The number of carbonyl (C=O) groups excluding carboxylic acids is 1. The van der Waals surface area contributed by atoms with Crippen LogP contribution in [0, 0.1) is 0 Å². The number of benzene rings is 2. The first kappa shape index (κ1) is 19.9. The van der Waals surface area contributed by atoms with Crippen LogP contribution in [0.5, 0.6) is 0 Å². The number of halogens is 1. The third kappa shape index (κ3) is 4.34. The molecule has 1 aromatic heterocycles. The fourth-order valence-corrected chi connectivity index (χ4v) is 3.16. The normalized spacial score (nSPS) is 11.6. The summed E-state index contributed by atoms with van der Waals surface area (Å²) in [7, 11) is 0. The lowest BCUT2D eigenvalue weighted by Gasteiger charge is -2.21. The lowest BCUT2D eigenvalue weighted by molar-refractivity contribution is -0.123. The maximum absolute atomic E-state index is 13.1. The Morgan fingerprint density at radius 1 is 1.00 bits per heavy atom. The van der Waals surface area contributed by atoms with Crippen LogP contribution in [-0.4, -0.2) is 20.6 Å². The van der Waals surface area contributed by atoms with Gasteiger partial charge in [-0.1, -0.05) is 35.9 Å². The van der Waals surface area contributed by atoms with Gasteiger partial charge in [-0.3, -0.25) is 18.7 Å². The number of hydrogen-bond acceptors (Lipinski definition) is 3. The highest BCUT2D eigenvalue weighted by atomic mass is 35.5. The van der Waals surface area contributed by atoms with E-state index in [4.69, 9.17) is 11.6 Å². The second kappa shape index (κ2) is 7.64. The molecular formula is C21H22ClN3O3. The standard InChI is InChI=1S/C21H22ClN3O3/c1-21(2,3)23-18(26)13-24-17-7-5-4-6-16(17)19(27)25(20(24)28)12-14-8-10-15(22)11-9-14/h4-11H,12-13H2,1-3H3,(H,23,26). The summed E-state index contributed by atoms with van der Waals surface area (Å²) >= 11 is 5.91. The minimum Gasteiger partial charge on any atom is -0.350 e. The Labute approximate surface area is 167 Å². The average molecular weight is 400 g/mol. The molecule has 0 saturated carbocycles. The predicted molar refractivity (Wildman–Crippen MR) is 111 cm³/mol. The van der Waals surface area contributed by atoms with Gasteiger partial charge in [0.2, 0.25) is 5.91 Å². The van der Waals surface area contributed by atoms with Gasteiger partial charge >= 0.3 is 5.69 Å². The van der Waals surface area contributed by atoms with Gasteiger partial charge in [0, 0.05) is 10.6 Å². The fraction of sp³-hybridized carbons (Fsp3) is 0.286. The summed E-state index contributed by atoms with van der Waals surface area (Å²) in [5, 5.41) is 3.81. The topological polar surface area (TPSA) is 73.1 Å². The van der Waals surface area contributed by atoms with Crippen LogP contribution in [0.15, 0.2) is 58.1 Å². The van der Waals surface area contributed by atoms with Crippen molar-refractivity contribution in [2.45, 2.75) is 39.4 Å². The van der Waals surface area contributed by atoms with Gasteiger partial charge in [0.15, 0.2) is 0 Å². The summed E-state index contributed by atoms with van der Waals surface area (Å²) in [6.07, 6.45) is 0. The first-order chi connectivity index (χ1) is 13.2. The van der Waals surface area contributed by atoms with E-state index in [0.29, 0.717) is 15.9 Å². The molecule has 3 aromatic rings. The highest BCUT2D eigenvalue weighted by molar-refractivity contribution is 6.30. The van der Waals surface area contributed by atoms with Gasteiger partial charge in [-0.25, -0.2) is 4.79 Å². The molecule has 0 radical (unpaired) electrons. The molecule has 0 bridgehead atoms. The molecular weight excluding hydrogens is 378 g/mol. The van der Waals surface area contributed by atoms with Crippen LogP contribution in [0.4, 0.5) is 0 Å². The molecule has 0 spiro atoms. The van der Waals surface area contributed by atoms with E-state index in [1.807, 2.05) is 20.8 Å². The van der Waals surface area contributed by atoms with Gasteiger partial charge in [-0.2, -0.15) is 0 Å². The summed E-state index contributed by atoms with van der Waals surface area (Å²) < 4.78 is 2.49. The van der Waals surface area contributed by atoms with Gasteiger partial charge in [-0.05, 0) is 50.6 Å². The van der Waals surface area contributed by atoms with Crippen LogP contribution >= 0.6 is 11.6 Å². The minimum atomic E-state index is -0.525. The van der Waals surface area contributed by atoms with Crippen molar-refractivity contribution in [1.29, 1.82) is 0 Å². The Balaban J connectivity index is 2.12. The van der Waals surface area contributed by atoms with E-state index in [2.05, 4.69) is 5.32 Å². The zero-order valence-corrected chi connectivity index (χ0v) is 16.8. The number of para-hydroxylation sites is 1. The van der Waals surface area contributed by atoms with Crippen LogP contribution in [-0.2, 0) is 17.9 Å². The first-order valence-electron chi connectivity index (χ1n) is 8.93. The van der Waals surface area contributed by atoms with Gasteiger partial charge in [0.1, 0.15) is 6.54 Å². The fourth-order valence-electron chi connectivity index (χ4n) is 3.04. The van der Waals surface area contributed by atoms with Crippen molar-refractivity contribution in [2.24, 2.45) is 0 Å². The Morgan fingerprint density at radius 3 is 2.29 bits per heavy atom. The summed E-state index contributed by atoms with van der Waals surface area (Å²) in [5.41, 5.74) is -0.127. The van der Waals surface area contributed by atoms with Crippen molar-refractivity contribution < 1.29 is 4.79 Å². The maximum Gasteiger partial charge on any atom is 0.332 e. The van der Waals surface area contributed by atoms with E-state index in [1.165, 1.54) is 4.57 Å². The molecule has 28 heavy (non-hydrogen) atoms. The van der Waals surface area contributed by atoms with Crippen LogP contribution in [0.1, 0.15) is 26.3 Å². The highest BCUT2D eigenvalue weighted by Crippen LogP contribution is 2.11.